The molecule has 0 aromatic heterocycles. The molecule has 0 spiro atoms. The zero-order chi connectivity index (χ0) is 18.4. The van der Waals surface area contributed by atoms with Crippen molar-refractivity contribution in [2.45, 2.75) is 26.4 Å². The van der Waals surface area contributed by atoms with E-state index in [1.165, 1.54) is 7.11 Å². The lowest BCUT2D eigenvalue weighted by Gasteiger charge is -2.37. The molecule has 0 unspecified atom stereocenters. The van der Waals surface area contributed by atoms with Crippen LogP contribution in [0.4, 0.5) is 9.59 Å². The Morgan fingerprint density at radius 1 is 1.00 bits per heavy atom. The van der Waals surface area contributed by atoms with Crippen LogP contribution in [0, 0.1) is 0 Å². The van der Waals surface area contributed by atoms with Gasteiger partial charge in [0.1, 0.15) is 11.4 Å². The molecule has 1 aliphatic heterocycles. The lowest BCUT2D eigenvalue weighted by Crippen LogP contribution is -2.52. The molecule has 1 heterocycles. The molecule has 136 valence electrons. The number of aliphatic imine (C=N–C) groups is 1. The Morgan fingerprint density at radius 2 is 1.56 bits per heavy atom. The molecule has 1 aromatic rings. The molecule has 0 N–H and O–H groups in total. The number of hydrogen-bond donors (Lipinski definition) is 0. The summed E-state index contributed by atoms with van der Waals surface area (Å²) in [4.78, 5) is 31.5. The molecule has 0 radical (unpaired) electrons. The summed E-state index contributed by atoms with van der Waals surface area (Å²) in [5.41, 5.74) is 0.314. The van der Waals surface area contributed by atoms with Gasteiger partial charge in [-0.2, -0.15) is 4.99 Å². The van der Waals surface area contributed by atoms with Crippen molar-refractivity contribution in [3.05, 3.63) is 35.9 Å². The zero-order valence-corrected chi connectivity index (χ0v) is 15.2. The predicted octanol–water partition coefficient (Wildman–Crippen LogP) is 2.75. The molecule has 0 saturated carbocycles. The van der Waals surface area contributed by atoms with Crippen LogP contribution in [0.5, 0.6) is 0 Å². The summed E-state index contributed by atoms with van der Waals surface area (Å²) in [6.45, 7) is 7.66. The molecule has 0 bridgehead atoms. The Balaban J connectivity index is 2.09. The fourth-order valence-corrected chi connectivity index (χ4v) is 2.46. The highest BCUT2D eigenvalue weighted by Crippen LogP contribution is 2.14. The van der Waals surface area contributed by atoms with E-state index in [2.05, 4.69) is 9.73 Å². The number of amidine groups is 1. The van der Waals surface area contributed by atoms with Gasteiger partial charge < -0.3 is 19.3 Å². The van der Waals surface area contributed by atoms with E-state index in [1.807, 2.05) is 56.0 Å². The molecule has 7 nitrogen and oxygen atoms in total. The van der Waals surface area contributed by atoms with Crippen molar-refractivity contribution in [1.82, 2.24) is 9.80 Å². The van der Waals surface area contributed by atoms with E-state index in [4.69, 9.17) is 4.74 Å². The first-order valence-electron chi connectivity index (χ1n) is 8.25. The minimum atomic E-state index is -0.645. The predicted molar refractivity (Wildman–Crippen MR) is 94.8 cm³/mol. The van der Waals surface area contributed by atoms with Crippen molar-refractivity contribution in [3.63, 3.8) is 0 Å². The van der Waals surface area contributed by atoms with Crippen molar-refractivity contribution in [1.29, 1.82) is 0 Å². The maximum Gasteiger partial charge on any atom is 0.435 e. The van der Waals surface area contributed by atoms with Crippen LogP contribution in [-0.4, -0.2) is 66.7 Å². The molecule has 0 atom stereocenters. The average Bonchev–Trinajstić information content (AvgIpc) is 2.59. The summed E-state index contributed by atoms with van der Waals surface area (Å²) in [6.07, 6.45) is -0.966. The van der Waals surface area contributed by atoms with Crippen LogP contribution in [-0.2, 0) is 9.47 Å². The molecular weight excluding hydrogens is 322 g/mol. The lowest BCUT2D eigenvalue weighted by atomic mass is 10.1. The summed E-state index contributed by atoms with van der Waals surface area (Å²) in [5.74, 6) is 0.552. The maximum absolute atomic E-state index is 12.2. The summed E-state index contributed by atoms with van der Waals surface area (Å²) >= 11 is 0. The Morgan fingerprint density at radius 3 is 2.08 bits per heavy atom. The van der Waals surface area contributed by atoms with Gasteiger partial charge in [0.05, 0.1) is 7.11 Å². The van der Waals surface area contributed by atoms with Crippen LogP contribution in [0.1, 0.15) is 26.3 Å². The van der Waals surface area contributed by atoms with Crippen LogP contribution in [0.25, 0.3) is 0 Å². The Bertz CT molecular complexity index is 629. The smallest absolute Gasteiger partial charge is 0.435 e. The second-order valence-electron chi connectivity index (χ2n) is 6.73. The van der Waals surface area contributed by atoms with E-state index in [9.17, 15) is 9.59 Å². The molecule has 25 heavy (non-hydrogen) atoms. The lowest BCUT2D eigenvalue weighted by molar-refractivity contribution is 0.0187. The Labute approximate surface area is 148 Å². The number of piperazine rings is 1. The maximum atomic E-state index is 12.2. The van der Waals surface area contributed by atoms with Gasteiger partial charge in [0.25, 0.3) is 0 Å². The molecule has 1 saturated heterocycles. The fraction of sp³-hybridized carbons (Fsp3) is 0.500. The fourth-order valence-electron chi connectivity index (χ4n) is 2.46. The van der Waals surface area contributed by atoms with Gasteiger partial charge in [0, 0.05) is 31.7 Å². The topological polar surface area (TPSA) is 71.4 Å². The van der Waals surface area contributed by atoms with Crippen LogP contribution in [0.3, 0.4) is 0 Å². The summed E-state index contributed by atoms with van der Waals surface area (Å²) < 4.78 is 10.1. The van der Waals surface area contributed by atoms with Gasteiger partial charge >= 0.3 is 12.2 Å². The zero-order valence-electron chi connectivity index (χ0n) is 15.2. The minimum absolute atomic E-state index is 0.321. The summed E-state index contributed by atoms with van der Waals surface area (Å²) in [6, 6.07) is 9.46. The van der Waals surface area contributed by atoms with Gasteiger partial charge in [0.2, 0.25) is 0 Å². The normalized spacial score (nSPS) is 15.8. The first-order chi connectivity index (χ1) is 11.8. The molecule has 1 aromatic carbocycles. The first kappa shape index (κ1) is 18.8. The second-order valence-corrected chi connectivity index (χ2v) is 6.73. The molecule has 1 fully saturated rings. The molecular formula is C18H25N3O4. The van der Waals surface area contributed by atoms with E-state index >= 15 is 0 Å². The van der Waals surface area contributed by atoms with Crippen LogP contribution >= 0.6 is 0 Å². The number of carbonyl (C=O) groups is 2. The molecule has 2 rings (SSSR count). The van der Waals surface area contributed by atoms with E-state index in [1.54, 1.807) is 4.90 Å². The SMILES string of the molecule is COC(=O)N=C(c1ccccc1)N1CCN(C(=O)OC(C)(C)C)CC1. The number of benzene rings is 1. The van der Waals surface area contributed by atoms with Crippen LogP contribution in [0.2, 0.25) is 0 Å². The molecule has 0 aliphatic carbocycles. The monoisotopic (exact) mass is 347 g/mol. The number of methoxy groups -OCH3 is 1. The van der Waals surface area contributed by atoms with Crippen molar-refractivity contribution in [3.8, 4) is 0 Å². The van der Waals surface area contributed by atoms with Gasteiger partial charge in [-0.05, 0) is 20.8 Å². The Kier molecular flexibility index (Phi) is 6.01. The van der Waals surface area contributed by atoms with Gasteiger partial charge in [-0.3, -0.25) is 0 Å². The largest absolute Gasteiger partial charge is 0.451 e. The van der Waals surface area contributed by atoms with Crippen molar-refractivity contribution >= 4 is 18.0 Å². The van der Waals surface area contributed by atoms with Crippen molar-refractivity contribution in [2.75, 3.05) is 33.3 Å². The molecule has 7 heteroatoms. The second kappa shape index (κ2) is 8.00. The van der Waals surface area contributed by atoms with Crippen molar-refractivity contribution < 1.29 is 19.1 Å². The highest BCUT2D eigenvalue weighted by atomic mass is 16.6. The molecule has 1 aliphatic rings. The number of rotatable bonds is 1. The number of ether oxygens (including phenoxy) is 2. The minimum Gasteiger partial charge on any atom is -0.451 e. The van der Waals surface area contributed by atoms with Crippen LogP contribution < -0.4 is 0 Å². The van der Waals surface area contributed by atoms with E-state index in [0.29, 0.717) is 32.0 Å². The van der Waals surface area contributed by atoms with E-state index in [0.717, 1.165) is 5.56 Å². The van der Waals surface area contributed by atoms with Crippen LogP contribution in [0.15, 0.2) is 35.3 Å². The van der Waals surface area contributed by atoms with Crippen molar-refractivity contribution in [2.24, 2.45) is 4.99 Å². The Hall–Kier alpha value is -2.57. The van der Waals surface area contributed by atoms with Gasteiger partial charge in [-0.1, -0.05) is 30.3 Å². The third-order valence-corrected chi connectivity index (χ3v) is 3.63. The van der Waals surface area contributed by atoms with Gasteiger partial charge in [-0.25, -0.2) is 9.59 Å². The average molecular weight is 347 g/mol. The highest BCUT2D eigenvalue weighted by molar-refractivity contribution is 6.03. The highest BCUT2D eigenvalue weighted by Gasteiger charge is 2.27. The third kappa shape index (κ3) is 5.48. The van der Waals surface area contributed by atoms with Gasteiger partial charge in [-0.15, -0.1) is 0 Å². The van der Waals surface area contributed by atoms with E-state index < -0.39 is 11.7 Å². The van der Waals surface area contributed by atoms with Gasteiger partial charge in [0.15, 0.2) is 0 Å². The number of carbonyl (C=O) groups excluding carboxylic acids is 2. The van der Waals surface area contributed by atoms with E-state index in [-0.39, 0.29) is 6.09 Å². The standard InChI is InChI=1S/C18H25N3O4/c1-18(2,3)25-17(23)21-12-10-20(11-13-21)15(19-16(22)24-4)14-8-6-5-7-9-14/h5-9H,10-13H2,1-4H3. The number of nitrogens with zero attached hydrogens (tertiary/aromatic N) is 3. The third-order valence-electron chi connectivity index (χ3n) is 3.63. The number of hydrogen-bond acceptors (Lipinski definition) is 4. The first-order valence-corrected chi connectivity index (χ1v) is 8.25. The molecule has 2 amide bonds. The quantitative estimate of drug-likeness (QED) is 0.577. The summed E-state index contributed by atoms with van der Waals surface area (Å²) in [5, 5.41) is 0. The summed E-state index contributed by atoms with van der Waals surface area (Å²) in [7, 11) is 1.30. The number of amides is 2.